The summed E-state index contributed by atoms with van der Waals surface area (Å²) in [6.07, 6.45) is 0. The highest BCUT2D eigenvalue weighted by molar-refractivity contribution is 6.32. The lowest BCUT2D eigenvalue weighted by Crippen LogP contribution is -3.27. The number of benzene rings is 2. The Balaban J connectivity index is 1.47. The zero-order chi connectivity index (χ0) is 19.7. The van der Waals surface area contributed by atoms with Gasteiger partial charge in [0.2, 0.25) is 0 Å². The van der Waals surface area contributed by atoms with Gasteiger partial charge in [0.25, 0.3) is 0 Å². The number of nitrogens with one attached hydrogen (secondary N) is 3. The van der Waals surface area contributed by atoms with Crippen LogP contribution in [0.5, 0.6) is 0 Å². The van der Waals surface area contributed by atoms with E-state index < -0.39 is 0 Å². The molecule has 28 heavy (non-hydrogen) atoms. The van der Waals surface area contributed by atoms with Gasteiger partial charge in [0, 0.05) is 21.7 Å². The zero-order valence-corrected chi connectivity index (χ0v) is 17.3. The van der Waals surface area contributed by atoms with Crippen molar-refractivity contribution in [2.45, 2.75) is 26.9 Å². The lowest BCUT2D eigenvalue weighted by Gasteiger charge is -2.30. The van der Waals surface area contributed by atoms with Crippen LogP contribution in [0.1, 0.15) is 22.4 Å². The molecule has 0 unspecified atom stereocenters. The van der Waals surface area contributed by atoms with Crippen LogP contribution in [0, 0.1) is 13.8 Å². The van der Waals surface area contributed by atoms with Crippen LogP contribution in [0.2, 0.25) is 5.02 Å². The van der Waals surface area contributed by atoms with Crippen LogP contribution in [-0.4, -0.2) is 31.2 Å². The quantitative estimate of drug-likeness (QED) is 0.610. The van der Waals surface area contributed by atoms with Gasteiger partial charge in [-0.1, -0.05) is 41.9 Å². The summed E-state index contributed by atoms with van der Waals surface area (Å²) < 4.78 is 0. The average molecular weight is 398 g/mol. The van der Waals surface area contributed by atoms with Crippen LogP contribution in [0.3, 0.4) is 0 Å². The second-order valence-electron chi connectivity index (χ2n) is 7.99. The summed E-state index contributed by atoms with van der Waals surface area (Å²) >= 11 is 6.23. The Labute approximate surface area is 170 Å². The molecule has 0 bridgehead atoms. The molecular formula is C23H28ClN3O+2. The monoisotopic (exact) mass is 397 g/mol. The molecule has 146 valence electrons. The van der Waals surface area contributed by atoms with Crippen molar-refractivity contribution in [2.75, 3.05) is 26.2 Å². The molecule has 1 aliphatic heterocycles. The number of halogens is 1. The van der Waals surface area contributed by atoms with Crippen molar-refractivity contribution >= 4 is 22.5 Å². The summed E-state index contributed by atoms with van der Waals surface area (Å²) in [7, 11) is 0. The maximum Gasteiger partial charge on any atom is 0.198 e. The molecule has 1 fully saturated rings. The maximum absolute atomic E-state index is 13.1. The molecule has 3 N–H and O–H groups in total. The smallest absolute Gasteiger partial charge is 0.198 e. The summed E-state index contributed by atoms with van der Waals surface area (Å²) in [4.78, 5) is 19.7. The average Bonchev–Trinajstić information content (AvgIpc) is 2.70. The Hall–Kier alpha value is -2.14. The van der Waals surface area contributed by atoms with E-state index in [9.17, 15) is 4.79 Å². The van der Waals surface area contributed by atoms with Crippen molar-refractivity contribution in [3.05, 3.63) is 80.1 Å². The van der Waals surface area contributed by atoms with Crippen LogP contribution >= 0.6 is 11.6 Å². The van der Waals surface area contributed by atoms with Crippen molar-refractivity contribution in [3.8, 4) is 0 Å². The Morgan fingerprint density at radius 2 is 1.57 bits per heavy atom. The third kappa shape index (κ3) is 3.86. The molecule has 0 aliphatic carbocycles. The van der Waals surface area contributed by atoms with E-state index in [0.29, 0.717) is 5.02 Å². The number of hydrogen-bond donors (Lipinski definition) is 3. The minimum Gasteiger partial charge on any atom is -0.358 e. The van der Waals surface area contributed by atoms with Gasteiger partial charge in [-0.2, -0.15) is 0 Å². The van der Waals surface area contributed by atoms with Gasteiger partial charge in [-0.05, 0) is 31.5 Å². The predicted octanol–water partition coefficient (Wildman–Crippen LogP) is 1.28. The van der Waals surface area contributed by atoms with Crippen molar-refractivity contribution in [1.82, 2.24) is 4.98 Å². The molecule has 0 radical (unpaired) electrons. The molecule has 1 aromatic heterocycles. The van der Waals surface area contributed by atoms with Gasteiger partial charge in [-0.15, -0.1) is 0 Å². The fourth-order valence-corrected chi connectivity index (χ4v) is 4.45. The topological polar surface area (TPSA) is 41.7 Å². The fraction of sp³-hybridized carbons (Fsp3) is 0.348. The highest BCUT2D eigenvalue weighted by Crippen LogP contribution is 2.22. The Morgan fingerprint density at radius 3 is 2.25 bits per heavy atom. The summed E-state index contributed by atoms with van der Waals surface area (Å²) in [5, 5.41) is 1.44. The number of fused-ring (bicyclic) bond motifs is 1. The van der Waals surface area contributed by atoms with Crippen molar-refractivity contribution in [1.29, 1.82) is 0 Å². The molecule has 1 saturated heterocycles. The maximum atomic E-state index is 13.1. The molecule has 1 aliphatic rings. The first kappa shape index (κ1) is 19.2. The first-order valence-corrected chi connectivity index (χ1v) is 10.4. The van der Waals surface area contributed by atoms with E-state index in [4.69, 9.17) is 11.6 Å². The lowest BCUT2D eigenvalue weighted by atomic mass is 10.0. The second-order valence-corrected chi connectivity index (χ2v) is 8.40. The first-order chi connectivity index (χ1) is 13.5. The van der Waals surface area contributed by atoms with Gasteiger partial charge >= 0.3 is 0 Å². The van der Waals surface area contributed by atoms with E-state index in [-0.39, 0.29) is 5.43 Å². The molecule has 0 saturated carbocycles. The first-order valence-electron chi connectivity index (χ1n) is 10.0. The number of hydrogen-bond acceptors (Lipinski definition) is 1. The molecule has 4 nitrogen and oxygen atoms in total. The molecule has 0 amide bonds. The van der Waals surface area contributed by atoms with Gasteiger partial charge in [0.15, 0.2) is 5.43 Å². The number of rotatable bonds is 4. The second kappa shape index (κ2) is 8.08. The molecule has 5 heteroatoms. The molecule has 0 spiro atoms. The van der Waals surface area contributed by atoms with E-state index in [0.717, 1.165) is 67.0 Å². The number of piperazine rings is 1. The standard InChI is InChI=1S/C23H26ClN3O/c1-16-21(24)9-8-19-22(16)25-17(2)20(23(19)28)15-27-12-10-26(11-13-27)14-18-6-4-3-5-7-18/h3-9H,10-15H2,1-2H3,(H,25,28)/p+2. The predicted molar refractivity (Wildman–Crippen MR) is 114 cm³/mol. The minimum absolute atomic E-state index is 0.151. The van der Waals surface area contributed by atoms with E-state index in [1.165, 1.54) is 10.5 Å². The van der Waals surface area contributed by atoms with Gasteiger partial charge in [-0.3, -0.25) is 4.79 Å². The molecule has 2 aromatic carbocycles. The number of aromatic amines is 1. The molecular weight excluding hydrogens is 370 g/mol. The Morgan fingerprint density at radius 1 is 0.929 bits per heavy atom. The fourth-order valence-electron chi connectivity index (χ4n) is 4.29. The van der Waals surface area contributed by atoms with Gasteiger partial charge in [-0.25, -0.2) is 0 Å². The SMILES string of the molecule is Cc1[nH]c2c(C)c(Cl)ccc2c(=O)c1C[NH+]1CC[NH+](Cc2ccccc2)CC1. The summed E-state index contributed by atoms with van der Waals surface area (Å²) in [5.41, 5.74) is 5.24. The van der Waals surface area contributed by atoms with E-state index in [1.807, 2.05) is 26.0 Å². The van der Waals surface area contributed by atoms with Crippen LogP contribution < -0.4 is 15.2 Å². The van der Waals surface area contributed by atoms with Crippen LogP contribution in [-0.2, 0) is 13.1 Å². The van der Waals surface area contributed by atoms with Crippen LogP contribution in [0.15, 0.2) is 47.3 Å². The Kier molecular flexibility index (Phi) is 5.54. The summed E-state index contributed by atoms with van der Waals surface area (Å²) in [5.74, 6) is 0. The third-order valence-corrected chi connectivity index (χ3v) is 6.48. The van der Waals surface area contributed by atoms with Gasteiger partial charge < -0.3 is 14.8 Å². The van der Waals surface area contributed by atoms with Crippen molar-refractivity contribution in [3.63, 3.8) is 0 Å². The van der Waals surface area contributed by atoms with Crippen molar-refractivity contribution in [2.24, 2.45) is 0 Å². The van der Waals surface area contributed by atoms with Gasteiger partial charge in [0.1, 0.15) is 39.3 Å². The highest BCUT2D eigenvalue weighted by Gasteiger charge is 2.25. The van der Waals surface area contributed by atoms with Gasteiger partial charge in [0.05, 0.1) is 11.1 Å². The van der Waals surface area contributed by atoms with Crippen LogP contribution in [0.25, 0.3) is 10.9 Å². The van der Waals surface area contributed by atoms with E-state index >= 15 is 0 Å². The Bertz CT molecular complexity index is 1040. The van der Waals surface area contributed by atoms with E-state index in [2.05, 4.69) is 35.3 Å². The summed E-state index contributed by atoms with van der Waals surface area (Å²) in [6, 6.07) is 14.4. The number of pyridine rings is 1. The number of H-pyrrole nitrogens is 1. The van der Waals surface area contributed by atoms with E-state index in [1.54, 1.807) is 4.90 Å². The largest absolute Gasteiger partial charge is 0.358 e. The molecule has 4 rings (SSSR count). The molecule has 0 atom stereocenters. The lowest BCUT2D eigenvalue weighted by molar-refractivity contribution is -1.02. The number of quaternary nitrogens is 2. The van der Waals surface area contributed by atoms with Crippen molar-refractivity contribution < 1.29 is 9.80 Å². The number of aromatic nitrogens is 1. The molecule has 3 aromatic rings. The normalized spacial score (nSPS) is 19.8. The summed E-state index contributed by atoms with van der Waals surface area (Å²) in [6.45, 7) is 10.3. The highest BCUT2D eigenvalue weighted by atomic mass is 35.5. The molecule has 2 heterocycles. The zero-order valence-electron chi connectivity index (χ0n) is 16.6. The number of aryl methyl sites for hydroxylation is 2. The minimum atomic E-state index is 0.151. The third-order valence-electron chi connectivity index (χ3n) is 6.07. The van der Waals surface area contributed by atoms with Crippen LogP contribution in [0.4, 0.5) is 0 Å².